The van der Waals surface area contributed by atoms with Crippen molar-refractivity contribution in [3.63, 3.8) is 0 Å². The monoisotopic (exact) mass is 394 g/mol. The van der Waals surface area contributed by atoms with Crippen LogP contribution in [0.3, 0.4) is 0 Å². The van der Waals surface area contributed by atoms with Gasteiger partial charge in [-0.2, -0.15) is 0 Å². The van der Waals surface area contributed by atoms with E-state index >= 15 is 0 Å². The molecular formula is C20H36SiZr. The van der Waals surface area contributed by atoms with Gasteiger partial charge in [-0.05, 0) is 0 Å². The van der Waals surface area contributed by atoms with Gasteiger partial charge >= 0.3 is 134 Å². The molecule has 124 valence electrons. The van der Waals surface area contributed by atoms with Crippen molar-refractivity contribution in [1.29, 1.82) is 0 Å². The Labute approximate surface area is 133 Å². The summed E-state index contributed by atoms with van der Waals surface area (Å²) >= 11 is -4.21. The molecule has 0 radical (unpaired) electrons. The molecule has 22 heavy (non-hydrogen) atoms. The van der Waals surface area contributed by atoms with Crippen LogP contribution in [0.5, 0.6) is 0 Å². The average molecular weight is 396 g/mol. The van der Waals surface area contributed by atoms with Crippen molar-refractivity contribution in [3.05, 3.63) is 41.0 Å². The molecule has 0 nitrogen and oxygen atoms in total. The Bertz CT molecular complexity index is 757. The van der Waals surface area contributed by atoms with E-state index in [-0.39, 0.29) is 0 Å². The van der Waals surface area contributed by atoms with Gasteiger partial charge in [0, 0.05) is 0 Å². The van der Waals surface area contributed by atoms with Gasteiger partial charge in [0.2, 0.25) is 0 Å². The topological polar surface area (TPSA) is 0 Å². The van der Waals surface area contributed by atoms with Gasteiger partial charge in [-0.3, -0.25) is 0 Å². The zero-order chi connectivity index (χ0) is 17.4. The molecular weight excluding hydrogens is 360 g/mol. The third-order valence-electron chi connectivity index (χ3n) is 6.71. The van der Waals surface area contributed by atoms with Gasteiger partial charge in [-0.15, -0.1) is 0 Å². The number of hydrogen-bond donors (Lipinski definition) is 0. The van der Waals surface area contributed by atoms with Crippen molar-refractivity contribution >= 4 is 6.88 Å². The molecule has 0 amide bonds. The summed E-state index contributed by atoms with van der Waals surface area (Å²) in [5.74, 6) is 1.13. The van der Waals surface area contributed by atoms with E-state index in [0.717, 1.165) is 0 Å². The Morgan fingerprint density at radius 1 is 0.727 bits per heavy atom. The minimum absolute atomic E-state index is 0.567. The average Bonchev–Trinajstić information content (AvgIpc) is 2.64. The molecule has 0 spiro atoms. The first-order valence-electron chi connectivity index (χ1n) is 8.83. The second kappa shape index (κ2) is 3.83. The molecule has 0 saturated carbocycles. The van der Waals surface area contributed by atoms with Gasteiger partial charge in [0.15, 0.2) is 0 Å². The Balaban J connectivity index is 3.01. The van der Waals surface area contributed by atoms with Crippen molar-refractivity contribution < 1.29 is 14.4 Å². The van der Waals surface area contributed by atoms with Crippen LogP contribution in [0.25, 0.3) is 0 Å². The molecule has 2 atom stereocenters. The molecule has 0 saturated heterocycles. The first-order valence-corrected chi connectivity index (χ1v) is 27.0. The third-order valence-corrected chi connectivity index (χ3v) is 29.1. The van der Waals surface area contributed by atoms with Crippen LogP contribution in [0.4, 0.5) is 0 Å². The van der Waals surface area contributed by atoms with E-state index in [9.17, 15) is 0 Å². The van der Waals surface area contributed by atoms with E-state index in [1.54, 1.807) is 17.7 Å². The molecule has 0 fully saturated rings. The molecule has 0 aromatic carbocycles. The first-order chi connectivity index (χ1) is 9.42. The molecule has 2 rings (SSSR count). The van der Waals surface area contributed by atoms with Crippen LogP contribution in [-0.4, -0.2) is 6.88 Å². The third kappa shape index (κ3) is 2.32. The summed E-state index contributed by atoms with van der Waals surface area (Å²) in [6.45, 7) is 16.5. The summed E-state index contributed by atoms with van der Waals surface area (Å²) in [7, 11) is 0. The predicted molar refractivity (Wildman–Crippen MR) is 103 cm³/mol. The summed E-state index contributed by atoms with van der Waals surface area (Å²) < 4.78 is 14.3. The Kier molecular flexibility index (Phi) is 3.20. The molecule has 0 N–H and O–H groups in total. The van der Waals surface area contributed by atoms with Crippen LogP contribution < -0.4 is 0 Å². The number of rotatable bonds is 2. The van der Waals surface area contributed by atoms with E-state index in [1.807, 2.05) is 0 Å². The van der Waals surface area contributed by atoms with E-state index in [1.165, 1.54) is 11.1 Å². The van der Waals surface area contributed by atoms with Gasteiger partial charge in [-0.25, -0.2) is 0 Å². The quantitative estimate of drug-likeness (QED) is 0.486. The molecule has 2 aliphatic carbocycles. The summed E-state index contributed by atoms with van der Waals surface area (Å²) in [6.07, 6.45) is 4.97. The van der Waals surface area contributed by atoms with Gasteiger partial charge < -0.3 is 0 Å². The molecule has 2 aliphatic rings. The van der Waals surface area contributed by atoms with Gasteiger partial charge in [0.25, 0.3) is 0 Å². The molecule has 0 aliphatic heterocycles. The second-order valence-electron chi connectivity index (χ2n) is 12.2. The SMILES string of the molecule is CC1=CC(C)[C]([Zr]([CH3])([CH3])([CH3])([CH3])(=[SiH2])[C]2=C(C)C(C)=CC2C)=C1C. The predicted octanol–water partition coefficient (Wildman–Crippen LogP) is 6.23. The summed E-state index contributed by atoms with van der Waals surface area (Å²) in [5, 5.41) is 0. The standard InChI is InChI=1S/2C8H11.4CH3.H2Si.Zr/c2*1-6-4-7(2)8(3)5-6;;;;;;/h2*4,6H,1-3H3;4*1H3;1H2;. The normalized spacial score (nSPS) is 31.5. The van der Waals surface area contributed by atoms with Crippen LogP contribution in [-0.2, 0) is 14.4 Å². The van der Waals surface area contributed by atoms with Crippen molar-refractivity contribution in [2.24, 2.45) is 11.8 Å². The fourth-order valence-corrected chi connectivity index (χ4v) is 37.0. The summed E-state index contributed by atoms with van der Waals surface area (Å²) in [5.41, 5.74) is 6.11. The fraction of sp³-hybridized carbons (Fsp3) is 0.600. The van der Waals surface area contributed by atoms with Gasteiger partial charge in [0.1, 0.15) is 0 Å². The van der Waals surface area contributed by atoms with Crippen LogP contribution in [0.15, 0.2) is 41.0 Å². The Morgan fingerprint density at radius 2 is 1.00 bits per heavy atom. The maximum absolute atomic E-state index is 4.21. The summed E-state index contributed by atoms with van der Waals surface area (Å²) in [4.78, 5) is 0. The van der Waals surface area contributed by atoms with Crippen molar-refractivity contribution in [2.75, 3.05) is 0 Å². The molecule has 2 unspecified atom stereocenters. The molecule has 2 heteroatoms. The molecule has 0 bridgehead atoms. The maximum atomic E-state index is 2.68. The van der Waals surface area contributed by atoms with Crippen LogP contribution in [0, 0.1) is 11.8 Å². The first kappa shape index (κ1) is 18.4. The Morgan fingerprint density at radius 3 is 1.18 bits per heavy atom. The fourth-order valence-electron chi connectivity index (χ4n) is 6.74. The Hall–Kier alpha value is 0.0600. The van der Waals surface area contributed by atoms with E-state index < -0.39 is 14.4 Å². The van der Waals surface area contributed by atoms with Crippen LogP contribution >= 0.6 is 0 Å². The molecule has 0 aromatic heterocycles. The van der Waals surface area contributed by atoms with E-state index in [2.05, 4.69) is 79.1 Å². The van der Waals surface area contributed by atoms with Gasteiger partial charge in [0.05, 0.1) is 0 Å². The zero-order valence-corrected chi connectivity index (χ0v) is 20.4. The van der Waals surface area contributed by atoms with E-state index in [4.69, 9.17) is 0 Å². The zero-order valence-electron chi connectivity index (χ0n) is 16.5. The van der Waals surface area contributed by atoms with Crippen molar-refractivity contribution in [2.45, 2.75) is 60.1 Å². The number of hydrogen-bond acceptors (Lipinski definition) is 0. The number of allylic oxidation sites excluding steroid dienone is 8. The van der Waals surface area contributed by atoms with Crippen molar-refractivity contribution in [3.8, 4) is 0 Å². The van der Waals surface area contributed by atoms with Crippen LogP contribution in [0.2, 0.25) is 18.5 Å². The summed E-state index contributed by atoms with van der Waals surface area (Å²) in [6, 6.07) is 0. The van der Waals surface area contributed by atoms with Gasteiger partial charge in [-0.1, -0.05) is 0 Å². The van der Waals surface area contributed by atoms with Crippen LogP contribution in [0.1, 0.15) is 41.5 Å². The molecule has 0 heterocycles. The minimum atomic E-state index is -4.21. The van der Waals surface area contributed by atoms with Crippen molar-refractivity contribution in [1.82, 2.24) is 0 Å². The molecule has 0 aromatic rings. The van der Waals surface area contributed by atoms with E-state index in [0.29, 0.717) is 11.8 Å². The second-order valence-corrected chi connectivity index (χ2v) is 69.7.